The van der Waals surface area contributed by atoms with Crippen molar-refractivity contribution in [3.8, 4) is 0 Å². The third kappa shape index (κ3) is 5.12. The maximum atomic E-state index is 12.1. The second-order valence-corrected chi connectivity index (χ2v) is 5.90. The van der Waals surface area contributed by atoms with E-state index in [0.717, 1.165) is 18.7 Å². The van der Waals surface area contributed by atoms with Crippen molar-refractivity contribution in [1.29, 1.82) is 0 Å². The molecule has 1 aliphatic heterocycles. The molecule has 2 nitrogen and oxygen atoms in total. The first kappa shape index (κ1) is 17.0. The van der Waals surface area contributed by atoms with Crippen molar-refractivity contribution < 1.29 is 4.39 Å². The van der Waals surface area contributed by atoms with Crippen LogP contribution in [0.5, 0.6) is 0 Å². The Morgan fingerprint density at radius 2 is 1.80 bits per heavy atom. The lowest BCUT2D eigenvalue weighted by atomic mass is 10.0. The van der Waals surface area contributed by atoms with E-state index in [9.17, 15) is 4.39 Å². The summed E-state index contributed by atoms with van der Waals surface area (Å²) in [6.07, 6.45) is 7.98. The molecule has 0 saturated carbocycles. The normalized spacial score (nSPS) is 19.9. The molecule has 0 aromatic heterocycles. The topological polar surface area (TPSA) is 6.48 Å². The Morgan fingerprint density at radius 1 is 1.20 bits per heavy atom. The zero-order valence-corrected chi connectivity index (χ0v) is 13.6. The molecule has 0 N–H and O–H groups in total. The number of allylic oxidation sites excluding steroid dienone is 6. The summed E-state index contributed by atoms with van der Waals surface area (Å²) < 4.78 is 12.1. The molecule has 3 heteroatoms. The average Bonchev–Trinajstić information content (AvgIpc) is 2.44. The van der Waals surface area contributed by atoms with E-state index >= 15 is 0 Å². The quantitative estimate of drug-likeness (QED) is 0.707. The van der Waals surface area contributed by atoms with Crippen LogP contribution in [0.3, 0.4) is 0 Å². The summed E-state index contributed by atoms with van der Waals surface area (Å²) in [4.78, 5) is 4.80. The smallest absolute Gasteiger partial charge is 0.108 e. The predicted octanol–water partition coefficient (Wildman–Crippen LogP) is 3.78. The van der Waals surface area contributed by atoms with Gasteiger partial charge in [0.05, 0.1) is 0 Å². The van der Waals surface area contributed by atoms with Crippen LogP contribution in [0.2, 0.25) is 0 Å². The van der Waals surface area contributed by atoms with E-state index in [1.54, 1.807) is 6.08 Å². The van der Waals surface area contributed by atoms with Crippen molar-refractivity contribution in [2.24, 2.45) is 0 Å². The van der Waals surface area contributed by atoms with E-state index < -0.39 is 6.67 Å². The highest BCUT2D eigenvalue weighted by atomic mass is 19.1. The molecule has 0 unspecified atom stereocenters. The van der Waals surface area contributed by atoms with E-state index in [4.69, 9.17) is 0 Å². The van der Waals surface area contributed by atoms with E-state index in [-0.39, 0.29) is 0 Å². The minimum absolute atomic E-state index is 0.398. The number of hydrogen-bond acceptors (Lipinski definition) is 2. The molecule has 0 aromatic rings. The Morgan fingerprint density at radius 3 is 2.30 bits per heavy atom. The van der Waals surface area contributed by atoms with Crippen LogP contribution in [0.15, 0.2) is 35.1 Å². The fourth-order valence-corrected chi connectivity index (χ4v) is 2.69. The molecule has 114 valence electrons. The number of rotatable bonds is 5. The van der Waals surface area contributed by atoms with Crippen molar-refractivity contribution in [2.45, 2.75) is 39.7 Å². The van der Waals surface area contributed by atoms with Gasteiger partial charge in [-0.2, -0.15) is 0 Å². The summed E-state index contributed by atoms with van der Waals surface area (Å²) in [5.74, 6) is 0. The fourth-order valence-electron chi connectivity index (χ4n) is 2.69. The first-order valence-electron chi connectivity index (χ1n) is 7.45. The van der Waals surface area contributed by atoms with Crippen LogP contribution in [0.1, 0.15) is 33.6 Å². The molecule has 1 heterocycles. The molecule has 0 amide bonds. The molecule has 0 aliphatic carbocycles. The molecular weight excluding hydrogens is 251 g/mol. The van der Waals surface area contributed by atoms with Gasteiger partial charge in [0, 0.05) is 24.8 Å². The number of hydrogen-bond donors (Lipinski definition) is 0. The van der Waals surface area contributed by atoms with Crippen molar-refractivity contribution in [3.63, 3.8) is 0 Å². The van der Waals surface area contributed by atoms with E-state index in [1.165, 1.54) is 24.1 Å². The van der Waals surface area contributed by atoms with Crippen LogP contribution in [-0.2, 0) is 0 Å². The molecule has 0 radical (unpaired) electrons. The van der Waals surface area contributed by atoms with Crippen LogP contribution in [0.4, 0.5) is 4.39 Å². The Balaban J connectivity index is 2.66. The van der Waals surface area contributed by atoms with Gasteiger partial charge in [0.1, 0.15) is 6.67 Å². The van der Waals surface area contributed by atoms with Gasteiger partial charge in [-0.3, -0.25) is 0 Å². The lowest BCUT2D eigenvalue weighted by Gasteiger charge is -2.37. The first-order valence-corrected chi connectivity index (χ1v) is 7.45. The van der Waals surface area contributed by atoms with E-state index in [0.29, 0.717) is 6.04 Å². The first-order chi connectivity index (χ1) is 9.45. The summed E-state index contributed by atoms with van der Waals surface area (Å²) >= 11 is 0. The second kappa shape index (κ2) is 8.25. The van der Waals surface area contributed by atoms with Gasteiger partial charge in [0.15, 0.2) is 0 Å². The van der Waals surface area contributed by atoms with Crippen molar-refractivity contribution in [3.05, 3.63) is 35.1 Å². The van der Waals surface area contributed by atoms with Crippen LogP contribution >= 0.6 is 0 Å². The summed E-state index contributed by atoms with van der Waals surface area (Å²) in [6, 6.07) is 0.712. The third-order valence-corrected chi connectivity index (χ3v) is 4.15. The minimum atomic E-state index is -0.398. The number of piperidine rings is 1. The highest BCUT2D eigenvalue weighted by Gasteiger charge is 2.20. The number of halogens is 1. The zero-order valence-electron chi connectivity index (χ0n) is 13.6. The Bertz CT molecular complexity index is 386. The average molecular weight is 280 g/mol. The molecule has 1 aliphatic rings. The monoisotopic (exact) mass is 280 g/mol. The van der Waals surface area contributed by atoms with Gasteiger partial charge >= 0.3 is 0 Å². The number of alkyl halides is 1. The molecule has 0 spiro atoms. The van der Waals surface area contributed by atoms with Gasteiger partial charge in [0.25, 0.3) is 0 Å². The highest BCUT2D eigenvalue weighted by Crippen LogP contribution is 2.20. The van der Waals surface area contributed by atoms with Crippen LogP contribution in [0, 0.1) is 0 Å². The predicted molar refractivity (Wildman–Crippen MR) is 85.5 cm³/mol. The molecule has 1 fully saturated rings. The summed E-state index contributed by atoms with van der Waals surface area (Å²) in [5.41, 5.74) is 3.71. The van der Waals surface area contributed by atoms with Crippen molar-refractivity contribution >= 4 is 0 Å². The van der Waals surface area contributed by atoms with Gasteiger partial charge in [0.2, 0.25) is 0 Å². The SMILES string of the molecule is CC(=C/C(C)=C(\C)N1CCC(N(C)C)CC1)/C=C/CF. The van der Waals surface area contributed by atoms with Crippen molar-refractivity contribution in [2.75, 3.05) is 33.9 Å². The Hall–Kier alpha value is -1.09. The lowest BCUT2D eigenvalue weighted by molar-refractivity contribution is 0.170. The Kier molecular flexibility index (Phi) is 7.00. The van der Waals surface area contributed by atoms with Crippen LogP contribution < -0.4 is 0 Å². The third-order valence-electron chi connectivity index (χ3n) is 4.15. The standard InChI is InChI=1S/C17H29FN2/c1-14(7-6-10-18)13-15(2)16(3)20-11-8-17(9-12-20)19(4)5/h6-7,13,17H,8-12H2,1-5H3/b7-6+,14-13-,16-15+. The van der Waals surface area contributed by atoms with Gasteiger partial charge in [-0.25, -0.2) is 4.39 Å². The summed E-state index contributed by atoms with van der Waals surface area (Å²) in [7, 11) is 4.33. The largest absolute Gasteiger partial charge is 0.375 e. The maximum absolute atomic E-state index is 12.1. The molecule has 1 saturated heterocycles. The zero-order chi connectivity index (χ0) is 15.1. The Labute approximate surface area is 123 Å². The van der Waals surface area contributed by atoms with Crippen LogP contribution in [0.25, 0.3) is 0 Å². The molecule has 0 bridgehead atoms. The van der Waals surface area contributed by atoms with Gasteiger partial charge in [-0.1, -0.05) is 23.8 Å². The number of nitrogens with zero attached hydrogens (tertiary/aromatic N) is 2. The van der Waals surface area contributed by atoms with Gasteiger partial charge in [-0.05, 0) is 53.3 Å². The molecule has 1 rings (SSSR count). The second-order valence-electron chi connectivity index (χ2n) is 5.90. The minimum Gasteiger partial charge on any atom is -0.375 e. The summed E-state index contributed by atoms with van der Waals surface area (Å²) in [6.45, 7) is 8.19. The highest BCUT2D eigenvalue weighted by molar-refractivity contribution is 5.30. The molecule has 20 heavy (non-hydrogen) atoms. The summed E-state index contributed by atoms with van der Waals surface area (Å²) in [5, 5.41) is 0. The maximum Gasteiger partial charge on any atom is 0.108 e. The molecular formula is C17H29FN2. The van der Waals surface area contributed by atoms with E-state index in [2.05, 4.69) is 43.8 Å². The fraction of sp³-hybridized carbons (Fsp3) is 0.647. The molecule has 0 aromatic carbocycles. The number of likely N-dealkylation sites (tertiary alicyclic amines) is 1. The van der Waals surface area contributed by atoms with Gasteiger partial charge < -0.3 is 9.80 Å². The van der Waals surface area contributed by atoms with Crippen molar-refractivity contribution in [1.82, 2.24) is 9.80 Å². The molecule has 0 atom stereocenters. The van der Waals surface area contributed by atoms with Crippen LogP contribution in [-0.4, -0.2) is 49.7 Å². The van der Waals surface area contributed by atoms with E-state index in [1.807, 2.05) is 13.0 Å². The van der Waals surface area contributed by atoms with Gasteiger partial charge in [-0.15, -0.1) is 0 Å². The lowest BCUT2D eigenvalue weighted by Crippen LogP contribution is -2.41.